The van der Waals surface area contributed by atoms with E-state index in [1.54, 1.807) is 6.92 Å². The lowest BCUT2D eigenvalue weighted by Gasteiger charge is -2.14. The first-order valence-electron chi connectivity index (χ1n) is 2.80. The van der Waals surface area contributed by atoms with E-state index in [0.29, 0.717) is 0 Å². The Morgan fingerprint density at radius 3 is 2.60 bits per heavy atom. The van der Waals surface area contributed by atoms with Crippen LogP contribution in [-0.2, 0) is 9.53 Å². The van der Waals surface area contributed by atoms with Crippen molar-refractivity contribution in [3.05, 3.63) is 13.8 Å². The first-order valence-corrected chi connectivity index (χ1v) is 2.80. The van der Waals surface area contributed by atoms with Crippen LogP contribution in [0, 0.1) is 31.6 Å². The van der Waals surface area contributed by atoms with Crippen LogP contribution in [0.3, 0.4) is 0 Å². The van der Waals surface area contributed by atoms with Crippen molar-refractivity contribution in [2.45, 2.75) is 6.92 Å². The van der Waals surface area contributed by atoms with E-state index in [-0.39, 0.29) is 6.61 Å². The minimum atomic E-state index is -0.948. The number of ether oxygens (including phenoxy) is 1. The summed E-state index contributed by atoms with van der Waals surface area (Å²) in [6.07, 6.45) is 4.85. The Kier molecular flexibility index (Phi) is 2.95. The third-order valence-corrected chi connectivity index (χ3v) is 0.779. The molecular weight excluding hydrogens is 128 g/mol. The number of terminal acetylenes is 1. The SMILES string of the molecule is C#CCOC(=O)C([CH2])([CH2])C. The molecule has 2 radical (unpaired) electrons. The highest BCUT2D eigenvalue weighted by atomic mass is 16.5. The van der Waals surface area contributed by atoms with Crippen molar-refractivity contribution in [1.82, 2.24) is 0 Å². The van der Waals surface area contributed by atoms with Gasteiger partial charge in [0, 0.05) is 0 Å². The van der Waals surface area contributed by atoms with Crippen LogP contribution in [0.4, 0.5) is 0 Å². The number of esters is 1. The molecule has 54 valence electrons. The average molecular weight is 138 g/mol. The molecule has 0 aliphatic carbocycles. The molecule has 2 heteroatoms. The first-order chi connectivity index (χ1) is 4.48. The molecule has 0 rings (SSSR count). The Bertz CT molecular complexity index is 157. The van der Waals surface area contributed by atoms with Gasteiger partial charge in [-0.15, -0.1) is 6.42 Å². The van der Waals surface area contributed by atoms with Gasteiger partial charge in [0.2, 0.25) is 0 Å². The highest BCUT2D eigenvalue weighted by Gasteiger charge is 2.22. The van der Waals surface area contributed by atoms with Gasteiger partial charge in [-0.1, -0.05) is 5.92 Å². The predicted molar refractivity (Wildman–Crippen MR) is 38.6 cm³/mol. The minimum Gasteiger partial charge on any atom is -0.452 e. The number of carbonyl (C=O) groups excluding carboxylic acids is 1. The molecule has 0 spiro atoms. The van der Waals surface area contributed by atoms with Gasteiger partial charge in [0.05, 0.1) is 5.41 Å². The number of hydrogen-bond donors (Lipinski definition) is 0. The molecule has 0 saturated carbocycles. The van der Waals surface area contributed by atoms with Gasteiger partial charge < -0.3 is 4.74 Å². The summed E-state index contributed by atoms with van der Waals surface area (Å²) in [5.41, 5.74) is -0.948. The van der Waals surface area contributed by atoms with E-state index >= 15 is 0 Å². The monoisotopic (exact) mass is 138 g/mol. The lowest BCUT2D eigenvalue weighted by molar-refractivity contribution is -0.148. The van der Waals surface area contributed by atoms with Crippen LogP contribution >= 0.6 is 0 Å². The fourth-order valence-corrected chi connectivity index (χ4v) is 0.281. The van der Waals surface area contributed by atoms with E-state index in [2.05, 4.69) is 24.5 Å². The fraction of sp³-hybridized carbons (Fsp3) is 0.375. The summed E-state index contributed by atoms with van der Waals surface area (Å²) in [5, 5.41) is 0. The second-order valence-electron chi connectivity index (χ2n) is 2.34. The van der Waals surface area contributed by atoms with Crippen LogP contribution in [-0.4, -0.2) is 12.6 Å². The van der Waals surface area contributed by atoms with Gasteiger partial charge in [0.25, 0.3) is 0 Å². The quantitative estimate of drug-likeness (QED) is 0.417. The van der Waals surface area contributed by atoms with Crippen LogP contribution in [0.2, 0.25) is 0 Å². The molecule has 0 amide bonds. The van der Waals surface area contributed by atoms with Crippen molar-refractivity contribution in [2.24, 2.45) is 5.41 Å². The third-order valence-electron chi connectivity index (χ3n) is 0.779. The summed E-state index contributed by atoms with van der Waals surface area (Å²) in [5.74, 6) is 1.69. The number of carbonyl (C=O) groups is 1. The maximum atomic E-state index is 10.8. The Balaban J connectivity index is 3.78. The predicted octanol–water partition coefficient (Wildman–Crippen LogP) is 0.837. The Morgan fingerprint density at radius 2 is 2.30 bits per heavy atom. The normalized spacial score (nSPS) is 10.2. The van der Waals surface area contributed by atoms with Crippen LogP contribution in [0.15, 0.2) is 0 Å². The van der Waals surface area contributed by atoms with Crippen LogP contribution in [0.25, 0.3) is 0 Å². The molecule has 0 fully saturated rings. The lowest BCUT2D eigenvalue weighted by Crippen LogP contribution is -2.23. The van der Waals surface area contributed by atoms with E-state index in [1.807, 2.05) is 0 Å². The van der Waals surface area contributed by atoms with E-state index in [0.717, 1.165) is 0 Å². The summed E-state index contributed by atoms with van der Waals surface area (Å²) in [6, 6.07) is 0. The van der Waals surface area contributed by atoms with Gasteiger partial charge in [0.1, 0.15) is 0 Å². The van der Waals surface area contributed by atoms with Crippen LogP contribution in [0.5, 0.6) is 0 Å². The van der Waals surface area contributed by atoms with Crippen molar-refractivity contribution >= 4 is 5.97 Å². The molecule has 0 N–H and O–H groups in total. The Hall–Kier alpha value is -0.970. The lowest BCUT2D eigenvalue weighted by atomic mass is 9.97. The van der Waals surface area contributed by atoms with Gasteiger partial charge in [-0.05, 0) is 20.8 Å². The molecular formula is C8H10O2. The maximum Gasteiger partial charge on any atom is 0.312 e. The van der Waals surface area contributed by atoms with Crippen molar-refractivity contribution in [1.29, 1.82) is 0 Å². The standard InChI is InChI=1S/C8H10O2/c1-5-6-10-7(9)8(2,3)4/h1H,2-3,6H2,4H3. The minimum absolute atomic E-state index is 0.0144. The first kappa shape index (κ1) is 9.03. The van der Waals surface area contributed by atoms with Gasteiger partial charge >= 0.3 is 5.97 Å². The van der Waals surface area contributed by atoms with Gasteiger partial charge in [-0.3, -0.25) is 4.79 Å². The van der Waals surface area contributed by atoms with Gasteiger partial charge in [0.15, 0.2) is 6.61 Å². The molecule has 0 bridgehead atoms. The molecule has 0 atom stereocenters. The van der Waals surface area contributed by atoms with Crippen LogP contribution in [0.1, 0.15) is 6.92 Å². The second-order valence-corrected chi connectivity index (χ2v) is 2.34. The molecule has 0 saturated heterocycles. The van der Waals surface area contributed by atoms with Gasteiger partial charge in [-0.2, -0.15) is 0 Å². The van der Waals surface area contributed by atoms with Crippen molar-refractivity contribution in [2.75, 3.05) is 6.61 Å². The third kappa shape index (κ3) is 3.13. The highest BCUT2D eigenvalue weighted by Crippen LogP contribution is 2.13. The maximum absolute atomic E-state index is 10.8. The van der Waals surface area contributed by atoms with Crippen molar-refractivity contribution < 1.29 is 9.53 Å². The number of rotatable bonds is 2. The van der Waals surface area contributed by atoms with Crippen molar-refractivity contribution in [3.8, 4) is 12.3 Å². The highest BCUT2D eigenvalue weighted by molar-refractivity contribution is 5.77. The molecule has 0 unspecified atom stereocenters. The molecule has 2 nitrogen and oxygen atoms in total. The molecule has 10 heavy (non-hydrogen) atoms. The molecule has 0 heterocycles. The molecule has 0 aliphatic rings. The smallest absolute Gasteiger partial charge is 0.312 e. The van der Waals surface area contributed by atoms with E-state index < -0.39 is 11.4 Å². The summed E-state index contributed by atoms with van der Waals surface area (Å²) in [4.78, 5) is 10.8. The summed E-state index contributed by atoms with van der Waals surface area (Å²) in [7, 11) is 0. The Morgan fingerprint density at radius 1 is 1.80 bits per heavy atom. The zero-order valence-electron chi connectivity index (χ0n) is 6.02. The summed E-state index contributed by atoms with van der Waals surface area (Å²) in [6.45, 7) is 8.48. The van der Waals surface area contributed by atoms with E-state index in [1.165, 1.54) is 0 Å². The fourth-order valence-electron chi connectivity index (χ4n) is 0.281. The number of hydrogen-bond acceptors (Lipinski definition) is 2. The molecule has 0 aromatic rings. The van der Waals surface area contributed by atoms with E-state index in [9.17, 15) is 4.79 Å². The van der Waals surface area contributed by atoms with Crippen molar-refractivity contribution in [3.63, 3.8) is 0 Å². The van der Waals surface area contributed by atoms with Gasteiger partial charge in [-0.25, -0.2) is 0 Å². The Labute approximate surface area is 61.6 Å². The largest absolute Gasteiger partial charge is 0.452 e. The second kappa shape index (κ2) is 3.26. The molecule has 0 aliphatic heterocycles. The summed E-state index contributed by atoms with van der Waals surface area (Å²) >= 11 is 0. The zero-order chi connectivity index (χ0) is 8.20. The van der Waals surface area contributed by atoms with Crippen LogP contribution < -0.4 is 0 Å². The average Bonchev–Trinajstić information content (AvgIpc) is 1.80. The summed E-state index contributed by atoms with van der Waals surface area (Å²) < 4.78 is 4.56. The molecule has 0 aromatic heterocycles. The molecule has 0 aromatic carbocycles. The van der Waals surface area contributed by atoms with E-state index in [4.69, 9.17) is 6.42 Å². The topological polar surface area (TPSA) is 26.3 Å². The zero-order valence-corrected chi connectivity index (χ0v) is 6.02.